The first-order valence-corrected chi connectivity index (χ1v) is 6.99. The number of nitrogens with zero attached hydrogens (tertiary/aromatic N) is 2. The minimum absolute atomic E-state index is 0.0560. The summed E-state index contributed by atoms with van der Waals surface area (Å²) >= 11 is 0. The minimum Gasteiger partial charge on any atom is -0.373 e. The number of nitrogens with one attached hydrogen (secondary N) is 2. The largest absolute Gasteiger partial charge is 0.373 e. The van der Waals surface area contributed by atoms with Crippen LogP contribution in [-0.2, 0) is 0 Å². The van der Waals surface area contributed by atoms with Gasteiger partial charge >= 0.3 is 0 Å². The van der Waals surface area contributed by atoms with Crippen molar-refractivity contribution in [2.75, 3.05) is 33.0 Å². The molecule has 20 heavy (non-hydrogen) atoms. The molecule has 0 aromatic carbocycles. The second kappa shape index (κ2) is 7.24. The molecule has 1 atom stereocenters. The van der Waals surface area contributed by atoms with Crippen molar-refractivity contribution < 1.29 is 4.79 Å². The van der Waals surface area contributed by atoms with Crippen molar-refractivity contribution in [2.24, 2.45) is 0 Å². The average molecular weight is 278 g/mol. The topological polar surface area (TPSA) is 57.3 Å². The first-order valence-electron chi connectivity index (χ1n) is 6.99. The summed E-state index contributed by atoms with van der Waals surface area (Å²) in [6, 6.07) is 3.94. The number of hydrogen-bond donors (Lipinski definition) is 2. The molecule has 0 bridgehead atoms. The molecule has 112 valence electrons. The molecule has 0 saturated heterocycles. The zero-order chi connectivity index (χ0) is 15.3. The normalized spacial score (nSPS) is 12.6. The van der Waals surface area contributed by atoms with Gasteiger partial charge in [0.1, 0.15) is 5.82 Å². The van der Waals surface area contributed by atoms with E-state index in [9.17, 15) is 4.79 Å². The van der Waals surface area contributed by atoms with E-state index in [-0.39, 0.29) is 11.8 Å². The monoisotopic (exact) mass is 278 g/mol. The Morgan fingerprint density at radius 2 is 1.95 bits per heavy atom. The summed E-state index contributed by atoms with van der Waals surface area (Å²) < 4.78 is 0. The van der Waals surface area contributed by atoms with Crippen molar-refractivity contribution in [1.29, 1.82) is 0 Å². The van der Waals surface area contributed by atoms with Gasteiger partial charge in [0, 0.05) is 30.9 Å². The van der Waals surface area contributed by atoms with E-state index in [0.29, 0.717) is 18.2 Å². The number of aromatic nitrogens is 1. The van der Waals surface area contributed by atoms with Crippen LogP contribution in [0.5, 0.6) is 0 Å². The Kier molecular flexibility index (Phi) is 5.95. The molecule has 0 fully saturated rings. The van der Waals surface area contributed by atoms with Gasteiger partial charge in [-0.1, -0.05) is 13.8 Å². The van der Waals surface area contributed by atoms with Crippen molar-refractivity contribution in [1.82, 2.24) is 15.2 Å². The van der Waals surface area contributed by atoms with Gasteiger partial charge in [0.25, 0.3) is 5.91 Å². The average Bonchev–Trinajstić information content (AvgIpc) is 2.43. The fraction of sp³-hybridized carbons (Fsp3) is 0.600. The van der Waals surface area contributed by atoms with E-state index < -0.39 is 0 Å². The molecule has 0 aliphatic carbocycles. The molecule has 1 unspecified atom stereocenters. The highest BCUT2D eigenvalue weighted by Crippen LogP contribution is 2.17. The highest BCUT2D eigenvalue weighted by molar-refractivity contribution is 5.95. The number of carbonyl (C=O) groups excluding carboxylic acids is 1. The number of carbonyl (C=O) groups is 1. The third-order valence-electron chi connectivity index (χ3n) is 3.39. The lowest BCUT2D eigenvalue weighted by Crippen LogP contribution is -2.38. The van der Waals surface area contributed by atoms with Crippen LogP contribution in [0.4, 0.5) is 5.82 Å². The van der Waals surface area contributed by atoms with Crippen LogP contribution in [0.25, 0.3) is 0 Å². The highest BCUT2D eigenvalue weighted by Gasteiger charge is 2.13. The quantitative estimate of drug-likeness (QED) is 0.835. The summed E-state index contributed by atoms with van der Waals surface area (Å²) in [6.07, 6.45) is 0. The van der Waals surface area contributed by atoms with E-state index in [1.807, 2.05) is 27.2 Å². The van der Waals surface area contributed by atoms with Crippen molar-refractivity contribution in [2.45, 2.75) is 32.7 Å². The zero-order valence-electron chi connectivity index (χ0n) is 13.3. The molecule has 0 aliphatic rings. The molecule has 1 heterocycles. The maximum absolute atomic E-state index is 12.2. The molecule has 1 amide bonds. The van der Waals surface area contributed by atoms with Crippen LogP contribution in [0.3, 0.4) is 0 Å². The number of hydrogen-bond acceptors (Lipinski definition) is 4. The molecule has 2 N–H and O–H groups in total. The van der Waals surface area contributed by atoms with Crippen molar-refractivity contribution in [3.8, 4) is 0 Å². The SMILES string of the molecule is CNc1cc(C(=O)NCC(C)N(C)C)cc(C(C)C)n1. The second-order valence-electron chi connectivity index (χ2n) is 5.59. The number of pyridine rings is 1. The number of anilines is 1. The molecule has 5 heteroatoms. The molecule has 5 nitrogen and oxygen atoms in total. The Morgan fingerprint density at radius 3 is 2.45 bits per heavy atom. The van der Waals surface area contributed by atoms with Crippen LogP contribution in [-0.4, -0.2) is 49.5 Å². The predicted octanol–water partition coefficient (Wildman–Crippen LogP) is 1.93. The van der Waals surface area contributed by atoms with E-state index in [1.54, 1.807) is 6.07 Å². The molecular formula is C15H26N4O. The lowest BCUT2D eigenvalue weighted by atomic mass is 10.1. The van der Waals surface area contributed by atoms with Crippen LogP contribution in [0.2, 0.25) is 0 Å². The van der Waals surface area contributed by atoms with Gasteiger partial charge < -0.3 is 15.5 Å². The van der Waals surface area contributed by atoms with E-state index >= 15 is 0 Å². The van der Waals surface area contributed by atoms with Crippen LogP contribution in [0.1, 0.15) is 42.7 Å². The Bertz CT molecular complexity index is 457. The molecule has 1 aromatic heterocycles. The van der Waals surface area contributed by atoms with Gasteiger partial charge in [0.2, 0.25) is 0 Å². The second-order valence-corrected chi connectivity index (χ2v) is 5.59. The lowest BCUT2D eigenvalue weighted by Gasteiger charge is -2.20. The first-order chi connectivity index (χ1) is 9.35. The molecule has 0 aliphatic heterocycles. The third-order valence-corrected chi connectivity index (χ3v) is 3.39. The van der Waals surface area contributed by atoms with Crippen molar-refractivity contribution >= 4 is 11.7 Å². The van der Waals surface area contributed by atoms with Gasteiger partial charge in [-0.05, 0) is 39.1 Å². The van der Waals surface area contributed by atoms with Gasteiger partial charge in [-0.25, -0.2) is 4.98 Å². The van der Waals surface area contributed by atoms with Crippen LogP contribution in [0, 0.1) is 0 Å². The van der Waals surface area contributed by atoms with Gasteiger partial charge in [-0.3, -0.25) is 4.79 Å². The minimum atomic E-state index is -0.0560. The summed E-state index contributed by atoms with van der Waals surface area (Å²) in [5, 5.41) is 5.96. The molecule has 0 saturated carbocycles. The summed E-state index contributed by atoms with van der Waals surface area (Å²) in [5.41, 5.74) is 1.57. The van der Waals surface area contributed by atoms with Crippen molar-refractivity contribution in [3.63, 3.8) is 0 Å². The van der Waals surface area contributed by atoms with Crippen LogP contribution >= 0.6 is 0 Å². The fourth-order valence-electron chi connectivity index (χ4n) is 1.63. The number of rotatable bonds is 6. The fourth-order valence-corrected chi connectivity index (χ4v) is 1.63. The van der Waals surface area contributed by atoms with Gasteiger partial charge in [-0.2, -0.15) is 0 Å². The van der Waals surface area contributed by atoms with E-state index in [0.717, 1.165) is 11.5 Å². The number of amides is 1. The van der Waals surface area contributed by atoms with Crippen LogP contribution in [0.15, 0.2) is 12.1 Å². The lowest BCUT2D eigenvalue weighted by molar-refractivity contribution is 0.0943. The first kappa shape index (κ1) is 16.4. The summed E-state index contributed by atoms with van der Waals surface area (Å²) in [7, 11) is 5.81. The predicted molar refractivity (Wildman–Crippen MR) is 83.4 cm³/mol. The van der Waals surface area contributed by atoms with E-state index in [4.69, 9.17) is 0 Å². The summed E-state index contributed by atoms with van der Waals surface area (Å²) in [4.78, 5) is 18.8. The maximum atomic E-state index is 12.2. The summed E-state index contributed by atoms with van der Waals surface area (Å²) in [5.74, 6) is 0.956. The van der Waals surface area contributed by atoms with E-state index in [2.05, 4.69) is 41.3 Å². The van der Waals surface area contributed by atoms with Gasteiger partial charge in [0.15, 0.2) is 0 Å². The van der Waals surface area contributed by atoms with E-state index in [1.165, 1.54) is 0 Å². The smallest absolute Gasteiger partial charge is 0.251 e. The van der Waals surface area contributed by atoms with Gasteiger partial charge in [-0.15, -0.1) is 0 Å². The van der Waals surface area contributed by atoms with Crippen LogP contribution < -0.4 is 10.6 Å². The number of likely N-dealkylation sites (N-methyl/N-ethyl adjacent to an activating group) is 1. The molecule has 1 aromatic rings. The standard InChI is InChI=1S/C15H26N4O/c1-10(2)13-7-12(8-14(16-4)18-13)15(20)17-9-11(3)19(5)6/h7-8,10-11H,9H2,1-6H3,(H,16,18)(H,17,20). The highest BCUT2D eigenvalue weighted by atomic mass is 16.1. The molecular weight excluding hydrogens is 252 g/mol. The Balaban J connectivity index is 2.84. The molecule has 0 spiro atoms. The third kappa shape index (κ3) is 4.49. The molecule has 1 rings (SSSR count). The Hall–Kier alpha value is -1.62. The van der Waals surface area contributed by atoms with Gasteiger partial charge in [0.05, 0.1) is 0 Å². The Morgan fingerprint density at radius 1 is 1.30 bits per heavy atom. The summed E-state index contributed by atoms with van der Waals surface area (Å²) in [6.45, 7) is 6.83. The zero-order valence-corrected chi connectivity index (χ0v) is 13.3. The Labute approximate surface area is 121 Å². The maximum Gasteiger partial charge on any atom is 0.251 e. The molecule has 0 radical (unpaired) electrons. The van der Waals surface area contributed by atoms with Crippen molar-refractivity contribution in [3.05, 3.63) is 23.4 Å².